The number of nitrogens with zero attached hydrogens (tertiary/aromatic N) is 2. The average molecular weight is 426 g/mol. The van der Waals surface area contributed by atoms with E-state index in [0.717, 1.165) is 35.7 Å². The molecule has 4 nitrogen and oxygen atoms in total. The predicted molar refractivity (Wildman–Crippen MR) is 128 cm³/mol. The summed E-state index contributed by atoms with van der Waals surface area (Å²) in [6.45, 7) is 4.65. The second-order valence-corrected chi connectivity index (χ2v) is 9.76. The van der Waals surface area contributed by atoms with E-state index in [2.05, 4.69) is 31.3 Å². The number of carbonyl (C=O) groups excluding carboxylic acids is 1. The fourth-order valence-corrected chi connectivity index (χ4v) is 5.89. The first-order chi connectivity index (χ1) is 15.6. The molecule has 164 valence electrons. The quantitative estimate of drug-likeness (QED) is 0.467. The lowest BCUT2D eigenvalue weighted by molar-refractivity contribution is 0.102. The number of amides is 1. The van der Waals surface area contributed by atoms with E-state index in [1.807, 2.05) is 48.5 Å². The van der Waals surface area contributed by atoms with E-state index in [9.17, 15) is 4.79 Å². The summed E-state index contributed by atoms with van der Waals surface area (Å²) in [6, 6.07) is 19.5. The van der Waals surface area contributed by atoms with Gasteiger partial charge in [0, 0.05) is 11.1 Å². The van der Waals surface area contributed by atoms with E-state index >= 15 is 0 Å². The Hall–Kier alpha value is -3.01. The molecule has 5 rings (SSSR count). The van der Waals surface area contributed by atoms with Gasteiger partial charge in [0.25, 0.3) is 5.91 Å². The van der Waals surface area contributed by atoms with Crippen molar-refractivity contribution in [2.24, 2.45) is 16.7 Å². The van der Waals surface area contributed by atoms with Crippen LogP contribution < -0.4 is 5.32 Å². The van der Waals surface area contributed by atoms with Gasteiger partial charge in [-0.3, -0.25) is 4.79 Å². The van der Waals surface area contributed by atoms with Crippen molar-refractivity contribution in [2.75, 3.05) is 5.32 Å². The van der Waals surface area contributed by atoms with Crippen molar-refractivity contribution >= 4 is 11.7 Å². The molecule has 0 spiro atoms. The molecule has 1 N–H and O–H groups in total. The number of fused-ring (bicyclic) bond motifs is 1. The largest absolute Gasteiger partial charge is 0.305 e. The first-order valence-corrected chi connectivity index (χ1v) is 11.8. The molecule has 0 aliphatic heterocycles. The molecule has 2 aliphatic rings. The summed E-state index contributed by atoms with van der Waals surface area (Å²) >= 11 is 0. The van der Waals surface area contributed by atoms with E-state index in [-0.39, 0.29) is 11.3 Å². The van der Waals surface area contributed by atoms with Crippen LogP contribution in [-0.4, -0.2) is 15.9 Å². The molecule has 3 atom stereocenters. The van der Waals surface area contributed by atoms with Gasteiger partial charge in [-0.2, -0.15) is 0 Å². The number of nitrogens with one attached hydrogen (secondary N) is 1. The predicted octanol–water partition coefficient (Wildman–Crippen LogP) is 6.54. The molecule has 2 saturated carbocycles. The Morgan fingerprint density at radius 1 is 1.00 bits per heavy atom. The lowest BCUT2D eigenvalue weighted by Gasteiger charge is -2.31. The van der Waals surface area contributed by atoms with Crippen LogP contribution in [0.4, 0.5) is 5.82 Å². The third-order valence-electron chi connectivity index (χ3n) is 7.94. The summed E-state index contributed by atoms with van der Waals surface area (Å²) in [5, 5.41) is 3.05. The van der Waals surface area contributed by atoms with E-state index in [4.69, 9.17) is 9.97 Å². The Labute approximate surface area is 190 Å². The van der Waals surface area contributed by atoms with Gasteiger partial charge in [-0.05, 0) is 54.6 Å². The zero-order chi connectivity index (χ0) is 22.2. The lowest BCUT2D eigenvalue weighted by Crippen LogP contribution is -2.25. The van der Waals surface area contributed by atoms with Gasteiger partial charge in [-0.25, -0.2) is 9.97 Å². The highest BCUT2D eigenvalue weighted by molar-refractivity contribution is 6.04. The van der Waals surface area contributed by atoms with Gasteiger partial charge >= 0.3 is 0 Å². The van der Waals surface area contributed by atoms with E-state index < -0.39 is 0 Å². The summed E-state index contributed by atoms with van der Waals surface area (Å²) < 4.78 is 0. The maximum atomic E-state index is 12.9. The maximum Gasteiger partial charge on any atom is 0.256 e. The van der Waals surface area contributed by atoms with Gasteiger partial charge in [0.1, 0.15) is 0 Å². The highest BCUT2D eigenvalue weighted by Gasteiger charge is 2.63. The number of rotatable bonds is 7. The normalized spacial score (nSPS) is 25.9. The van der Waals surface area contributed by atoms with Crippen molar-refractivity contribution in [3.05, 3.63) is 78.1 Å². The summed E-state index contributed by atoms with van der Waals surface area (Å²) in [5.74, 6) is 1.32. The van der Waals surface area contributed by atoms with Crippen molar-refractivity contribution in [3.8, 4) is 11.3 Å². The van der Waals surface area contributed by atoms with Crippen molar-refractivity contribution in [3.63, 3.8) is 0 Å². The van der Waals surface area contributed by atoms with Gasteiger partial charge in [-0.1, -0.05) is 75.2 Å². The smallest absolute Gasteiger partial charge is 0.256 e. The molecule has 0 radical (unpaired) electrons. The number of carbonyl (C=O) groups is 1. The number of hydrogen-bond acceptors (Lipinski definition) is 3. The zero-order valence-corrected chi connectivity index (χ0v) is 19.0. The first-order valence-electron chi connectivity index (χ1n) is 11.8. The van der Waals surface area contributed by atoms with E-state index in [0.29, 0.717) is 16.8 Å². The zero-order valence-electron chi connectivity index (χ0n) is 19.0. The minimum Gasteiger partial charge on any atom is -0.305 e. The molecule has 32 heavy (non-hydrogen) atoms. The standard InChI is InChI=1S/C28H31N3O/c1-3-27(15-22-16-28(22,4-2)19-27)17-23-25(31-26(32)21-13-9-6-10-14-21)29-18-24(30-23)20-11-7-5-8-12-20/h5-14,18,22H,3-4,15-17,19H2,1-2H3,(H,29,31,32). The van der Waals surface area contributed by atoms with Crippen LogP contribution in [0.15, 0.2) is 66.9 Å². The minimum absolute atomic E-state index is 0.140. The van der Waals surface area contributed by atoms with Gasteiger partial charge in [-0.15, -0.1) is 0 Å². The number of hydrogen-bond donors (Lipinski definition) is 1. The Bertz CT molecular complexity index is 1110. The fraction of sp³-hybridized carbons (Fsp3) is 0.393. The third-order valence-corrected chi connectivity index (χ3v) is 7.94. The highest BCUT2D eigenvalue weighted by Crippen LogP contribution is 2.72. The van der Waals surface area contributed by atoms with Crippen LogP contribution in [0.2, 0.25) is 0 Å². The van der Waals surface area contributed by atoms with Gasteiger partial charge < -0.3 is 5.32 Å². The third kappa shape index (κ3) is 3.83. The summed E-state index contributed by atoms with van der Waals surface area (Å²) in [4.78, 5) is 22.6. The molecule has 1 aromatic heterocycles. The average Bonchev–Trinajstić information content (AvgIpc) is 3.42. The van der Waals surface area contributed by atoms with Crippen molar-refractivity contribution in [1.82, 2.24) is 9.97 Å². The van der Waals surface area contributed by atoms with Gasteiger partial charge in [0.05, 0.1) is 17.6 Å². The molecule has 3 unspecified atom stereocenters. The topological polar surface area (TPSA) is 54.9 Å². The van der Waals surface area contributed by atoms with Crippen LogP contribution in [0.25, 0.3) is 11.3 Å². The number of anilines is 1. The van der Waals surface area contributed by atoms with Crippen molar-refractivity contribution < 1.29 is 4.79 Å². The first kappa shape index (κ1) is 20.9. The minimum atomic E-state index is -0.140. The van der Waals surface area contributed by atoms with Crippen molar-refractivity contribution in [1.29, 1.82) is 0 Å². The highest BCUT2D eigenvalue weighted by atomic mass is 16.1. The molecule has 1 amide bonds. The van der Waals surface area contributed by atoms with E-state index in [1.165, 1.54) is 25.7 Å². The van der Waals surface area contributed by atoms with Gasteiger partial charge in [0.15, 0.2) is 5.82 Å². The van der Waals surface area contributed by atoms with E-state index in [1.54, 1.807) is 6.20 Å². The maximum absolute atomic E-state index is 12.9. The van der Waals surface area contributed by atoms with Crippen LogP contribution in [0.5, 0.6) is 0 Å². The molecular formula is C28H31N3O. The summed E-state index contributed by atoms with van der Waals surface area (Å²) in [7, 11) is 0. The van der Waals surface area contributed by atoms with Crippen LogP contribution >= 0.6 is 0 Å². The molecule has 2 fully saturated rings. The molecular weight excluding hydrogens is 394 g/mol. The van der Waals surface area contributed by atoms with Crippen LogP contribution in [0, 0.1) is 16.7 Å². The second kappa shape index (κ2) is 8.16. The molecule has 3 aromatic rings. The van der Waals surface area contributed by atoms with Crippen LogP contribution in [0.1, 0.15) is 62.0 Å². The molecule has 4 heteroatoms. The fourth-order valence-electron chi connectivity index (χ4n) is 5.89. The Morgan fingerprint density at radius 3 is 2.38 bits per heavy atom. The molecule has 2 aromatic carbocycles. The Kier molecular flexibility index (Phi) is 5.32. The Balaban J connectivity index is 1.48. The lowest BCUT2D eigenvalue weighted by atomic mass is 9.74. The molecule has 2 aliphatic carbocycles. The van der Waals surface area contributed by atoms with Crippen LogP contribution in [0.3, 0.4) is 0 Å². The monoisotopic (exact) mass is 425 g/mol. The van der Waals surface area contributed by atoms with Crippen LogP contribution in [-0.2, 0) is 6.42 Å². The summed E-state index contributed by atoms with van der Waals surface area (Å²) in [5.41, 5.74) is 4.24. The number of aromatic nitrogens is 2. The SMILES string of the molecule is CCC1(Cc2nc(-c3ccccc3)cnc2NC(=O)c2ccccc2)CC2CC2(CC)C1. The Morgan fingerprint density at radius 2 is 1.72 bits per heavy atom. The van der Waals surface area contributed by atoms with Crippen molar-refractivity contribution in [2.45, 2.75) is 52.4 Å². The second-order valence-electron chi connectivity index (χ2n) is 9.76. The molecule has 1 heterocycles. The van der Waals surface area contributed by atoms with Gasteiger partial charge in [0.2, 0.25) is 0 Å². The molecule has 0 bridgehead atoms. The summed E-state index contributed by atoms with van der Waals surface area (Å²) in [6.07, 6.45) is 8.96. The molecule has 0 saturated heterocycles. The number of benzene rings is 2.